The highest BCUT2D eigenvalue weighted by Gasteiger charge is 2.18. The highest BCUT2D eigenvalue weighted by atomic mass is 35.5. The van der Waals surface area contributed by atoms with Gasteiger partial charge in [0.15, 0.2) is 0 Å². The quantitative estimate of drug-likeness (QED) is 0.928. The first kappa shape index (κ1) is 14.1. The van der Waals surface area contributed by atoms with Gasteiger partial charge >= 0.3 is 0 Å². The molecule has 0 saturated carbocycles. The molecule has 0 bridgehead atoms. The molecule has 0 fully saturated rings. The third kappa shape index (κ3) is 3.17. The van der Waals surface area contributed by atoms with Gasteiger partial charge in [-0.15, -0.1) is 0 Å². The number of hydrogen-bond donors (Lipinski definition) is 1. The smallest absolute Gasteiger partial charge is 0.0968 e. The maximum Gasteiger partial charge on any atom is 0.0968 e. The predicted molar refractivity (Wildman–Crippen MR) is 80.4 cm³/mol. The van der Waals surface area contributed by atoms with E-state index >= 15 is 0 Å². The second-order valence-electron chi connectivity index (χ2n) is 5.66. The molecule has 1 heterocycles. The Morgan fingerprint density at radius 3 is 2.37 bits per heavy atom. The van der Waals surface area contributed by atoms with Gasteiger partial charge in [0.05, 0.1) is 11.2 Å². The maximum absolute atomic E-state index is 5.94. The minimum absolute atomic E-state index is 0.0207. The maximum atomic E-state index is 5.94. The summed E-state index contributed by atoms with van der Waals surface area (Å²) in [4.78, 5) is 0. The van der Waals surface area contributed by atoms with Crippen LogP contribution in [-0.2, 0) is 12.1 Å². The van der Waals surface area contributed by atoms with E-state index in [0.29, 0.717) is 0 Å². The summed E-state index contributed by atoms with van der Waals surface area (Å²) in [6.45, 7) is 7.24. The Kier molecular flexibility index (Phi) is 3.97. The Balaban J connectivity index is 2.48. The Labute approximate surface area is 119 Å². The van der Waals surface area contributed by atoms with Gasteiger partial charge in [-0.1, -0.05) is 23.7 Å². The number of hydrogen-bond acceptors (Lipinski definition) is 2. The number of halogens is 1. The largest absolute Gasteiger partial charge is 0.316 e. The van der Waals surface area contributed by atoms with E-state index in [-0.39, 0.29) is 5.54 Å². The zero-order valence-electron chi connectivity index (χ0n) is 11.9. The molecular weight excluding hydrogens is 258 g/mol. The molecule has 1 aromatic carbocycles. The Hall–Kier alpha value is -1.32. The summed E-state index contributed by atoms with van der Waals surface area (Å²) >= 11 is 5.94. The SMILES string of the molecule is CNCc1cn(C(C)(C)C)nc1-c1ccc(Cl)cc1. The van der Waals surface area contributed by atoms with Crippen LogP contribution in [0.4, 0.5) is 0 Å². The van der Waals surface area contributed by atoms with E-state index in [0.717, 1.165) is 22.8 Å². The normalized spacial score (nSPS) is 11.8. The fraction of sp³-hybridized carbons (Fsp3) is 0.400. The van der Waals surface area contributed by atoms with Gasteiger partial charge in [0.25, 0.3) is 0 Å². The molecule has 0 aliphatic rings. The molecule has 0 atom stereocenters. The molecule has 2 aromatic rings. The van der Waals surface area contributed by atoms with Crippen molar-refractivity contribution in [3.05, 3.63) is 41.0 Å². The van der Waals surface area contributed by atoms with E-state index < -0.39 is 0 Å². The highest BCUT2D eigenvalue weighted by Crippen LogP contribution is 2.26. The van der Waals surface area contributed by atoms with Crippen LogP contribution in [0.25, 0.3) is 11.3 Å². The second kappa shape index (κ2) is 5.35. The van der Waals surface area contributed by atoms with Crippen LogP contribution in [0, 0.1) is 0 Å². The lowest BCUT2D eigenvalue weighted by molar-refractivity contribution is 0.356. The first-order valence-corrected chi connectivity index (χ1v) is 6.79. The van der Waals surface area contributed by atoms with Crippen molar-refractivity contribution in [2.45, 2.75) is 32.9 Å². The minimum atomic E-state index is -0.0207. The molecule has 1 N–H and O–H groups in total. The molecule has 3 nitrogen and oxygen atoms in total. The Morgan fingerprint density at radius 2 is 1.84 bits per heavy atom. The van der Waals surface area contributed by atoms with Gasteiger partial charge < -0.3 is 5.32 Å². The Bertz CT molecular complexity index is 550. The number of rotatable bonds is 3. The van der Waals surface area contributed by atoms with Crippen molar-refractivity contribution in [1.82, 2.24) is 15.1 Å². The third-order valence-electron chi connectivity index (χ3n) is 2.96. The summed E-state index contributed by atoms with van der Waals surface area (Å²) in [5, 5.41) is 8.67. The van der Waals surface area contributed by atoms with Gasteiger partial charge in [-0.2, -0.15) is 5.10 Å². The van der Waals surface area contributed by atoms with Gasteiger partial charge in [-0.25, -0.2) is 0 Å². The van der Waals surface area contributed by atoms with Crippen molar-refractivity contribution in [2.24, 2.45) is 0 Å². The van der Waals surface area contributed by atoms with Crippen LogP contribution in [-0.4, -0.2) is 16.8 Å². The highest BCUT2D eigenvalue weighted by molar-refractivity contribution is 6.30. The lowest BCUT2D eigenvalue weighted by atomic mass is 10.1. The lowest BCUT2D eigenvalue weighted by Crippen LogP contribution is -2.22. The average Bonchev–Trinajstić information content (AvgIpc) is 2.74. The van der Waals surface area contributed by atoms with Gasteiger partial charge in [-0.05, 0) is 40.0 Å². The van der Waals surface area contributed by atoms with E-state index in [1.165, 1.54) is 5.56 Å². The van der Waals surface area contributed by atoms with Crippen LogP contribution in [0.1, 0.15) is 26.3 Å². The standard InChI is InChI=1S/C15H20ClN3/c1-15(2,3)19-10-12(9-17-4)14(18-19)11-5-7-13(16)8-6-11/h5-8,10,17H,9H2,1-4H3. The fourth-order valence-corrected chi connectivity index (χ4v) is 2.05. The predicted octanol–water partition coefficient (Wildman–Crippen LogP) is 3.68. The molecule has 0 aliphatic heterocycles. The topological polar surface area (TPSA) is 29.9 Å². The first-order chi connectivity index (χ1) is 8.91. The minimum Gasteiger partial charge on any atom is -0.316 e. The molecule has 0 radical (unpaired) electrons. The van der Waals surface area contributed by atoms with Gasteiger partial charge in [-0.3, -0.25) is 4.68 Å². The van der Waals surface area contributed by atoms with Crippen molar-refractivity contribution in [3.8, 4) is 11.3 Å². The summed E-state index contributed by atoms with van der Waals surface area (Å²) < 4.78 is 2.02. The molecule has 0 amide bonds. The molecular formula is C15H20ClN3. The zero-order chi connectivity index (χ0) is 14.0. The monoisotopic (exact) mass is 277 g/mol. The number of aromatic nitrogens is 2. The number of benzene rings is 1. The van der Waals surface area contributed by atoms with Crippen LogP contribution >= 0.6 is 11.6 Å². The van der Waals surface area contributed by atoms with Gasteiger partial charge in [0.2, 0.25) is 0 Å². The average molecular weight is 278 g/mol. The van der Waals surface area contributed by atoms with E-state index in [9.17, 15) is 0 Å². The van der Waals surface area contributed by atoms with Crippen LogP contribution in [0.15, 0.2) is 30.5 Å². The molecule has 0 spiro atoms. The van der Waals surface area contributed by atoms with E-state index in [4.69, 9.17) is 16.7 Å². The first-order valence-electron chi connectivity index (χ1n) is 6.41. The number of nitrogens with zero attached hydrogens (tertiary/aromatic N) is 2. The summed E-state index contributed by atoms with van der Waals surface area (Å²) in [6.07, 6.45) is 2.11. The van der Waals surface area contributed by atoms with Gasteiger partial charge in [0.1, 0.15) is 0 Å². The van der Waals surface area contributed by atoms with Crippen molar-refractivity contribution in [3.63, 3.8) is 0 Å². The zero-order valence-corrected chi connectivity index (χ0v) is 12.6. The van der Waals surface area contributed by atoms with Crippen LogP contribution in [0.2, 0.25) is 5.02 Å². The van der Waals surface area contributed by atoms with Crippen molar-refractivity contribution in [1.29, 1.82) is 0 Å². The lowest BCUT2D eigenvalue weighted by Gasteiger charge is -2.18. The molecule has 1 aromatic heterocycles. The second-order valence-corrected chi connectivity index (χ2v) is 6.09. The van der Waals surface area contributed by atoms with E-state index in [2.05, 4.69) is 32.3 Å². The van der Waals surface area contributed by atoms with Crippen molar-refractivity contribution >= 4 is 11.6 Å². The van der Waals surface area contributed by atoms with E-state index in [1.54, 1.807) is 0 Å². The molecule has 0 unspecified atom stereocenters. The summed E-state index contributed by atoms with van der Waals surface area (Å²) in [5.74, 6) is 0. The molecule has 19 heavy (non-hydrogen) atoms. The third-order valence-corrected chi connectivity index (χ3v) is 3.21. The van der Waals surface area contributed by atoms with Crippen LogP contribution in [0.5, 0.6) is 0 Å². The van der Waals surface area contributed by atoms with Crippen molar-refractivity contribution in [2.75, 3.05) is 7.05 Å². The van der Waals surface area contributed by atoms with Crippen LogP contribution < -0.4 is 5.32 Å². The summed E-state index contributed by atoms with van der Waals surface area (Å²) in [6, 6.07) is 7.82. The van der Waals surface area contributed by atoms with Crippen LogP contribution in [0.3, 0.4) is 0 Å². The fourth-order valence-electron chi connectivity index (χ4n) is 1.92. The molecule has 4 heteroatoms. The molecule has 0 saturated heterocycles. The van der Waals surface area contributed by atoms with Gasteiger partial charge in [0, 0.05) is 28.9 Å². The number of nitrogens with one attached hydrogen (secondary N) is 1. The molecule has 2 rings (SSSR count). The van der Waals surface area contributed by atoms with Crippen molar-refractivity contribution < 1.29 is 0 Å². The molecule has 102 valence electrons. The Morgan fingerprint density at radius 1 is 1.21 bits per heavy atom. The summed E-state index contributed by atoms with van der Waals surface area (Å²) in [7, 11) is 1.94. The summed E-state index contributed by atoms with van der Waals surface area (Å²) in [5.41, 5.74) is 3.28. The van der Waals surface area contributed by atoms with E-state index in [1.807, 2.05) is 36.0 Å². The molecule has 0 aliphatic carbocycles.